The quantitative estimate of drug-likeness (QED) is 0.504. The molecular weight excluding hydrogens is 390 g/mol. The van der Waals surface area contributed by atoms with E-state index in [4.69, 9.17) is 9.15 Å². The highest BCUT2D eigenvalue weighted by Gasteiger charge is 2.42. The van der Waals surface area contributed by atoms with Crippen LogP contribution in [0.4, 0.5) is 0 Å². The Hall–Kier alpha value is -3.08. The lowest BCUT2D eigenvalue weighted by Gasteiger charge is -2.25. The van der Waals surface area contributed by atoms with Crippen LogP contribution in [0.25, 0.3) is 11.0 Å². The van der Waals surface area contributed by atoms with Gasteiger partial charge in [-0.3, -0.25) is 9.59 Å². The lowest BCUT2D eigenvalue weighted by atomic mass is 9.96. The minimum Gasteiger partial charge on any atom is -0.494 e. The van der Waals surface area contributed by atoms with Crippen LogP contribution in [-0.2, 0) is 0 Å². The fourth-order valence-corrected chi connectivity index (χ4v) is 4.39. The van der Waals surface area contributed by atoms with Gasteiger partial charge in [-0.1, -0.05) is 38.5 Å². The molecule has 0 N–H and O–H groups in total. The molecule has 1 aliphatic rings. The molecule has 0 radical (unpaired) electrons. The van der Waals surface area contributed by atoms with Gasteiger partial charge in [-0.15, -0.1) is 0 Å². The Bertz CT molecular complexity index is 1180. The first-order chi connectivity index (χ1) is 15.0. The molecule has 2 aromatic carbocycles. The third-order valence-electron chi connectivity index (χ3n) is 5.83. The molecule has 0 fully saturated rings. The molecule has 0 saturated carbocycles. The van der Waals surface area contributed by atoms with Crippen molar-refractivity contribution in [3.8, 4) is 5.75 Å². The van der Waals surface area contributed by atoms with Crippen molar-refractivity contribution in [2.45, 2.75) is 53.0 Å². The second kappa shape index (κ2) is 8.58. The van der Waals surface area contributed by atoms with E-state index in [9.17, 15) is 9.59 Å². The smallest absolute Gasteiger partial charge is 0.290 e. The molecule has 5 nitrogen and oxygen atoms in total. The Morgan fingerprint density at radius 3 is 2.45 bits per heavy atom. The summed E-state index contributed by atoms with van der Waals surface area (Å²) in [6.07, 6.45) is 2.75. The lowest BCUT2D eigenvalue weighted by Crippen LogP contribution is -2.30. The van der Waals surface area contributed by atoms with Crippen LogP contribution < -0.4 is 10.2 Å². The Labute approximate surface area is 182 Å². The SMILES string of the molecule is CCCCN1C(=O)c2oc3cc(C)cc(C)c3c(=O)c2C1c1ccc(OCCC)cc1. The van der Waals surface area contributed by atoms with E-state index in [1.165, 1.54) is 0 Å². The van der Waals surface area contributed by atoms with Gasteiger partial charge in [0.05, 0.1) is 23.6 Å². The third-order valence-corrected chi connectivity index (χ3v) is 5.83. The number of unbranched alkanes of at least 4 members (excludes halogenated alkanes) is 1. The molecule has 0 bridgehead atoms. The van der Waals surface area contributed by atoms with Gasteiger partial charge in [0.2, 0.25) is 5.76 Å². The van der Waals surface area contributed by atoms with E-state index in [1.54, 1.807) is 4.90 Å². The van der Waals surface area contributed by atoms with Gasteiger partial charge in [0.1, 0.15) is 11.3 Å². The molecule has 5 heteroatoms. The van der Waals surface area contributed by atoms with Gasteiger partial charge in [0, 0.05) is 6.54 Å². The average molecular weight is 420 g/mol. The van der Waals surface area contributed by atoms with Crippen LogP contribution in [0, 0.1) is 13.8 Å². The highest BCUT2D eigenvalue weighted by molar-refractivity contribution is 5.99. The molecule has 0 saturated heterocycles. The summed E-state index contributed by atoms with van der Waals surface area (Å²) >= 11 is 0. The van der Waals surface area contributed by atoms with Crippen molar-refractivity contribution in [1.29, 1.82) is 0 Å². The van der Waals surface area contributed by atoms with Crippen molar-refractivity contribution < 1.29 is 13.9 Å². The van der Waals surface area contributed by atoms with E-state index in [0.29, 0.717) is 29.7 Å². The number of carbonyl (C=O) groups excluding carboxylic acids is 1. The molecule has 1 atom stereocenters. The molecule has 2 heterocycles. The fraction of sp³-hybridized carbons (Fsp3) is 0.385. The highest BCUT2D eigenvalue weighted by Crippen LogP contribution is 2.39. The molecule has 1 amide bonds. The normalized spacial score (nSPS) is 15.5. The van der Waals surface area contributed by atoms with E-state index in [2.05, 4.69) is 13.8 Å². The summed E-state index contributed by atoms with van der Waals surface area (Å²) < 4.78 is 11.8. The zero-order valence-corrected chi connectivity index (χ0v) is 18.7. The summed E-state index contributed by atoms with van der Waals surface area (Å²) in [6.45, 7) is 9.26. The molecule has 1 aliphatic heterocycles. The first-order valence-electron chi connectivity index (χ1n) is 11.1. The molecule has 1 unspecified atom stereocenters. The number of benzene rings is 2. The Kier molecular flexibility index (Phi) is 5.86. The first-order valence-corrected chi connectivity index (χ1v) is 11.1. The largest absolute Gasteiger partial charge is 0.494 e. The van der Waals surface area contributed by atoms with Crippen LogP contribution in [0.15, 0.2) is 45.6 Å². The topological polar surface area (TPSA) is 59.8 Å². The predicted molar refractivity (Wildman–Crippen MR) is 122 cm³/mol. The van der Waals surface area contributed by atoms with Gasteiger partial charge in [0.15, 0.2) is 5.43 Å². The Morgan fingerprint density at radius 1 is 1.03 bits per heavy atom. The predicted octanol–water partition coefficient (Wildman–Crippen LogP) is 5.54. The number of amides is 1. The maximum absolute atomic E-state index is 13.6. The summed E-state index contributed by atoms with van der Waals surface area (Å²) in [4.78, 5) is 28.8. The number of rotatable bonds is 7. The van der Waals surface area contributed by atoms with Crippen molar-refractivity contribution >= 4 is 16.9 Å². The molecule has 31 heavy (non-hydrogen) atoms. The fourth-order valence-electron chi connectivity index (χ4n) is 4.39. The zero-order chi connectivity index (χ0) is 22.1. The van der Waals surface area contributed by atoms with Gasteiger partial charge < -0.3 is 14.1 Å². The van der Waals surface area contributed by atoms with Crippen molar-refractivity contribution in [3.05, 3.63) is 74.6 Å². The minimum atomic E-state index is -0.448. The van der Waals surface area contributed by atoms with Crippen LogP contribution in [0.5, 0.6) is 5.75 Å². The zero-order valence-electron chi connectivity index (χ0n) is 18.7. The van der Waals surface area contributed by atoms with Crippen molar-refractivity contribution in [2.24, 2.45) is 0 Å². The van der Waals surface area contributed by atoms with Crippen LogP contribution >= 0.6 is 0 Å². The van der Waals surface area contributed by atoms with Gasteiger partial charge in [-0.25, -0.2) is 0 Å². The number of fused-ring (bicyclic) bond motifs is 2. The molecule has 3 aromatic rings. The lowest BCUT2D eigenvalue weighted by molar-refractivity contribution is 0.0725. The van der Waals surface area contributed by atoms with E-state index in [0.717, 1.165) is 41.7 Å². The van der Waals surface area contributed by atoms with Crippen LogP contribution in [0.1, 0.15) is 72.0 Å². The molecule has 1 aromatic heterocycles. The molecular formula is C26H29NO4. The van der Waals surface area contributed by atoms with Gasteiger partial charge in [-0.2, -0.15) is 0 Å². The molecule has 162 valence electrons. The third kappa shape index (κ3) is 3.73. The molecule has 0 spiro atoms. The number of aryl methyl sites for hydroxylation is 2. The van der Waals surface area contributed by atoms with E-state index in [1.807, 2.05) is 50.2 Å². The first kappa shape index (κ1) is 21.2. The minimum absolute atomic E-state index is 0.114. The number of ether oxygens (including phenoxy) is 1. The van der Waals surface area contributed by atoms with E-state index >= 15 is 0 Å². The summed E-state index contributed by atoms with van der Waals surface area (Å²) in [5.74, 6) is 0.750. The average Bonchev–Trinajstić information content (AvgIpc) is 3.02. The maximum Gasteiger partial charge on any atom is 0.290 e. The van der Waals surface area contributed by atoms with Crippen LogP contribution in [0.3, 0.4) is 0 Å². The second-order valence-electron chi connectivity index (χ2n) is 8.30. The summed E-state index contributed by atoms with van der Waals surface area (Å²) in [6, 6.07) is 11.1. The standard InChI is InChI=1S/C26H29NO4/c1-5-7-12-27-23(18-8-10-19(11-9-18)30-13-6-2)22-24(28)21-17(4)14-16(3)15-20(21)31-25(22)26(27)29/h8-11,14-15,23H,5-7,12-13H2,1-4H3. The summed E-state index contributed by atoms with van der Waals surface area (Å²) in [5, 5.41) is 0.558. The van der Waals surface area contributed by atoms with Crippen molar-refractivity contribution in [2.75, 3.05) is 13.2 Å². The number of hydrogen-bond donors (Lipinski definition) is 0. The molecule has 0 aliphatic carbocycles. The van der Waals surface area contributed by atoms with Crippen molar-refractivity contribution in [3.63, 3.8) is 0 Å². The van der Waals surface area contributed by atoms with Crippen LogP contribution in [-0.4, -0.2) is 24.0 Å². The Morgan fingerprint density at radius 2 is 1.77 bits per heavy atom. The summed E-state index contributed by atoms with van der Waals surface area (Å²) in [5.41, 5.74) is 3.58. The van der Waals surface area contributed by atoms with Gasteiger partial charge in [-0.05, 0) is 61.6 Å². The van der Waals surface area contributed by atoms with Crippen molar-refractivity contribution in [1.82, 2.24) is 4.90 Å². The molecule has 4 rings (SSSR count). The number of nitrogens with zero attached hydrogens (tertiary/aromatic N) is 1. The Balaban J connectivity index is 1.88. The second-order valence-corrected chi connectivity index (χ2v) is 8.30. The van der Waals surface area contributed by atoms with Gasteiger partial charge in [0.25, 0.3) is 5.91 Å². The van der Waals surface area contributed by atoms with E-state index < -0.39 is 6.04 Å². The van der Waals surface area contributed by atoms with Crippen LogP contribution in [0.2, 0.25) is 0 Å². The summed E-state index contributed by atoms with van der Waals surface area (Å²) in [7, 11) is 0. The monoisotopic (exact) mass is 419 g/mol. The van der Waals surface area contributed by atoms with Gasteiger partial charge >= 0.3 is 0 Å². The number of carbonyl (C=O) groups is 1. The number of hydrogen-bond acceptors (Lipinski definition) is 4. The maximum atomic E-state index is 13.6. The van der Waals surface area contributed by atoms with E-state index in [-0.39, 0.29) is 17.1 Å². The highest BCUT2D eigenvalue weighted by atomic mass is 16.5.